The van der Waals surface area contributed by atoms with Crippen molar-refractivity contribution in [1.82, 2.24) is 10.2 Å². The lowest BCUT2D eigenvalue weighted by Crippen LogP contribution is -1.91. The van der Waals surface area contributed by atoms with E-state index in [1.807, 2.05) is 30.6 Å². The molecule has 1 N–H and O–H groups in total. The Morgan fingerprint density at radius 2 is 2.13 bits per heavy atom. The molecule has 0 radical (unpaired) electrons. The van der Waals surface area contributed by atoms with Crippen molar-refractivity contribution < 1.29 is 0 Å². The summed E-state index contributed by atoms with van der Waals surface area (Å²) >= 11 is 6.00. The van der Waals surface area contributed by atoms with Gasteiger partial charge in [0.15, 0.2) is 0 Å². The van der Waals surface area contributed by atoms with Crippen LogP contribution in [0, 0.1) is 0 Å². The van der Waals surface area contributed by atoms with Crippen molar-refractivity contribution in [3.05, 3.63) is 41.2 Å². The standard InChI is InChI=1S/C12H13ClN2/c1-8(2)12-5-10(13)3-4-11(12)9-6-14-15-7-9/h3-8H,1-2H3,(H,14,15). The first-order valence-corrected chi connectivity index (χ1v) is 5.35. The summed E-state index contributed by atoms with van der Waals surface area (Å²) in [5, 5.41) is 7.57. The summed E-state index contributed by atoms with van der Waals surface area (Å²) in [6, 6.07) is 5.98. The first-order valence-electron chi connectivity index (χ1n) is 4.97. The summed E-state index contributed by atoms with van der Waals surface area (Å²) in [5.74, 6) is 0.452. The van der Waals surface area contributed by atoms with E-state index in [9.17, 15) is 0 Å². The van der Waals surface area contributed by atoms with E-state index in [0.29, 0.717) is 5.92 Å². The second kappa shape index (κ2) is 4.07. The predicted octanol–water partition coefficient (Wildman–Crippen LogP) is 3.85. The molecule has 0 atom stereocenters. The number of H-pyrrole nitrogens is 1. The lowest BCUT2D eigenvalue weighted by molar-refractivity contribution is 0.869. The number of hydrogen-bond donors (Lipinski definition) is 1. The molecule has 1 aromatic heterocycles. The van der Waals surface area contributed by atoms with Gasteiger partial charge in [-0.1, -0.05) is 31.5 Å². The van der Waals surface area contributed by atoms with Gasteiger partial charge in [-0.3, -0.25) is 5.10 Å². The van der Waals surface area contributed by atoms with E-state index >= 15 is 0 Å². The van der Waals surface area contributed by atoms with Crippen LogP contribution in [0.3, 0.4) is 0 Å². The van der Waals surface area contributed by atoms with Crippen LogP contribution in [0.5, 0.6) is 0 Å². The zero-order chi connectivity index (χ0) is 10.8. The highest BCUT2D eigenvalue weighted by Crippen LogP contribution is 2.30. The Hall–Kier alpha value is -1.28. The second-order valence-electron chi connectivity index (χ2n) is 3.87. The summed E-state index contributed by atoms with van der Waals surface area (Å²) in [5.41, 5.74) is 3.56. The molecule has 0 unspecified atom stereocenters. The maximum atomic E-state index is 6.00. The fraction of sp³-hybridized carbons (Fsp3) is 0.250. The first-order chi connectivity index (χ1) is 7.18. The van der Waals surface area contributed by atoms with Gasteiger partial charge in [0, 0.05) is 16.8 Å². The maximum Gasteiger partial charge on any atom is 0.0565 e. The average Bonchev–Trinajstić information content (AvgIpc) is 2.70. The van der Waals surface area contributed by atoms with Gasteiger partial charge in [-0.05, 0) is 29.2 Å². The molecule has 2 nitrogen and oxygen atoms in total. The van der Waals surface area contributed by atoms with Gasteiger partial charge < -0.3 is 0 Å². The zero-order valence-electron chi connectivity index (χ0n) is 8.79. The number of aromatic amines is 1. The molecule has 15 heavy (non-hydrogen) atoms. The highest BCUT2D eigenvalue weighted by Gasteiger charge is 2.09. The monoisotopic (exact) mass is 220 g/mol. The van der Waals surface area contributed by atoms with Crippen LogP contribution in [0.4, 0.5) is 0 Å². The third-order valence-corrected chi connectivity index (χ3v) is 2.68. The van der Waals surface area contributed by atoms with Crippen molar-refractivity contribution in [3.8, 4) is 11.1 Å². The molecule has 1 heterocycles. The smallest absolute Gasteiger partial charge is 0.0565 e. The third-order valence-electron chi connectivity index (χ3n) is 2.44. The molecule has 3 heteroatoms. The molecular formula is C12H13ClN2. The van der Waals surface area contributed by atoms with Gasteiger partial charge in [-0.2, -0.15) is 5.10 Å². The molecule has 0 saturated heterocycles. The van der Waals surface area contributed by atoms with Crippen LogP contribution >= 0.6 is 11.6 Å². The summed E-state index contributed by atoms with van der Waals surface area (Å²) in [6.45, 7) is 4.32. The molecular weight excluding hydrogens is 208 g/mol. The van der Waals surface area contributed by atoms with E-state index < -0.39 is 0 Å². The van der Waals surface area contributed by atoms with E-state index in [4.69, 9.17) is 11.6 Å². The molecule has 0 spiro atoms. The molecule has 1 aromatic carbocycles. The number of nitrogens with zero attached hydrogens (tertiary/aromatic N) is 1. The molecule has 78 valence electrons. The Morgan fingerprint density at radius 1 is 1.33 bits per heavy atom. The number of nitrogens with one attached hydrogen (secondary N) is 1. The fourth-order valence-corrected chi connectivity index (χ4v) is 1.85. The highest BCUT2D eigenvalue weighted by molar-refractivity contribution is 6.30. The number of aromatic nitrogens is 2. The van der Waals surface area contributed by atoms with Crippen LogP contribution in [0.25, 0.3) is 11.1 Å². The maximum absolute atomic E-state index is 6.00. The predicted molar refractivity (Wildman–Crippen MR) is 63.1 cm³/mol. The Labute approximate surface area is 94.3 Å². The van der Waals surface area contributed by atoms with E-state index in [1.54, 1.807) is 0 Å². The van der Waals surface area contributed by atoms with E-state index in [-0.39, 0.29) is 0 Å². The summed E-state index contributed by atoms with van der Waals surface area (Å²) in [4.78, 5) is 0. The van der Waals surface area contributed by atoms with Crippen molar-refractivity contribution in [2.24, 2.45) is 0 Å². The average molecular weight is 221 g/mol. The third kappa shape index (κ3) is 2.05. The highest BCUT2D eigenvalue weighted by atomic mass is 35.5. The molecule has 0 aliphatic heterocycles. The molecule has 0 bridgehead atoms. The van der Waals surface area contributed by atoms with E-state index in [0.717, 1.165) is 10.6 Å². The molecule has 0 fully saturated rings. The summed E-state index contributed by atoms with van der Waals surface area (Å²) in [7, 11) is 0. The normalized spacial score (nSPS) is 10.9. The SMILES string of the molecule is CC(C)c1cc(Cl)ccc1-c1cn[nH]c1. The Balaban J connectivity index is 2.56. The second-order valence-corrected chi connectivity index (χ2v) is 4.31. The van der Waals surface area contributed by atoms with Crippen molar-refractivity contribution in [1.29, 1.82) is 0 Å². The fourth-order valence-electron chi connectivity index (χ4n) is 1.67. The minimum absolute atomic E-state index is 0.452. The summed E-state index contributed by atoms with van der Waals surface area (Å²) < 4.78 is 0. The zero-order valence-corrected chi connectivity index (χ0v) is 9.55. The van der Waals surface area contributed by atoms with Gasteiger partial charge in [0.05, 0.1) is 6.20 Å². The Kier molecular flexibility index (Phi) is 2.78. The van der Waals surface area contributed by atoms with E-state index in [1.165, 1.54) is 11.1 Å². The van der Waals surface area contributed by atoms with Crippen LogP contribution in [0.2, 0.25) is 5.02 Å². The van der Waals surface area contributed by atoms with Gasteiger partial charge >= 0.3 is 0 Å². The molecule has 2 aromatic rings. The number of benzene rings is 1. The van der Waals surface area contributed by atoms with Crippen molar-refractivity contribution in [2.75, 3.05) is 0 Å². The van der Waals surface area contributed by atoms with Gasteiger partial charge in [-0.25, -0.2) is 0 Å². The molecule has 2 rings (SSSR count). The topological polar surface area (TPSA) is 28.7 Å². The van der Waals surface area contributed by atoms with Crippen molar-refractivity contribution in [3.63, 3.8) is 0 Å². The van der Waals surface area contributed by atoms with E-state index in [2.05, 4.69) is 24.0 Å². The Bertz CT molecular complexity index is 447. The first kappa shape index (κ1) is 10.2. The lowest BCUT2D eigenvalue weighted by atomic mass is 9.94. The number of rotatable bonds is 2. The lowest BCUT2D eigenvalue weighted by Gasteiger charge is -2.11. The van der Waals surface area contributed by atoms with Gasteiger partial charge in [0.1, 0.15) is 0 Å². The van der Waals surface area contributed by atoms with Crippen LogP contribution in [-0.4, -0.2) is 10.2 Å². The Morgan fingerprint density at radius 3 is 2.73 bits per heavy atom. The minimum Gasteiger partial charge on any atom is -0.285 e. The van der Waals surface area contributed by atoms with Crippen LogP contribution in [-0.2, 0) is 0 Å². The van der Waals surface area contributed by atoms with Gasteiger partial charge in [-0.15, -0.1) is 0 Å². The minimum atomic E-state index is 0.452. The molecule has 0 saturated carbocycles. The molecule has 0 amide bonds. The van der Waals surface area contributed by atoms with Gasteiger partial charge in [0.25, 0.3) is 0 Å². The largest absolute Gasteiger partial charge is 0.285 e. The quantitative estimate of drug-likeness (QED) is 0.818. The van der Waals surface area contributed by atoms with Crippen molar-refractivity contribution >= 4 is 11.6 Å². The molecule has 0 aliphatic carbocycles. The summed E-state index contributed by atoms with van der Waals surface area (Å²) in [6.07, 6.45) is 3.73. The number of hydrogen-bond acceptors (Lipinski definition) is 1. The molecule has 0 aliphatic rings. The van der Waals surface area contributed by atoms with Gasteiger partial charge in [0.2, 0.25) is 0 Å². The number of halogens is 1. The van der Waals surface area contributed by atoms with Crippen LogP contribution < -0.4 is 0 Å². The van der Waals surface area contributed by atoms with Crippen LogP contribution in [0.1, 0.15) is 25.3 Å². The van der Waals surface area contributed by atoms with Crippen molar-refractivity contribution in [2.45, 2.75) is 19.8 Å². The van der Waals surface area contributed by atoms with Crippen LogP contribution in [0.15, 0.2) is 30.6 Å².